The fraction of sp³-hybridized carbons (Fsp3) is 0.297. The average Bonchev–Trinajstić information content (AvgIpc) is 3.05. The van der Waals surface area contributed by atoms with Crippen molar-refractivity contribution in [1.82, 2.24) is 0 Å². The lowest BCUT2D eigenvalue weighted by molar-refractivity contribution is 0.0447. The van der Waals surface area contributed by atoms with Crippen molar-refractivity contribution in [2.45, 2.75) is 46.0 Å². The fourth-order valence-corrected chi connectivity index (χ4v) is 4.49. The summed E-state index contributed by atoms with van der Waals surface area (Å²) in [6, 6.07) is 31.6. The maximum Gasteiger partial charge on any atom is 0.338 e. The fourth-order valence-electron chi connectivity index (χ4n) is 4.23. The predicted octanol–water partition coefficient (Wildman–Crippen LogP) is 10.1. The van der Waals surface area contributed by atoms with Crippen LogP contribution in [0.25, 0.3) is 11.1 Å². The molecule has 0 spiro atoms. The molecule has 1 atom stereocenters. The van der Waals surface area contributed by atoms with E-state index in [1.54, 1.807) is 0 Å². The Morgan fingerprint density at radius 2 is 1.28 bits per heavy atom. The van der Waals surface area contributed by atoms with E-state index in [2.05, 4.69) is 34.8 Å². The van der Waals surface area contributed by atoms with Crippen LogP contribution in [0.1, 0.15) is 61.9 Å². The molecule has 0 radical (unpaired) electrons. The van der Waals surface area contributed by atoms with Crippen molar-refractivity contribution in [1.29, 1.82) is 0 Å². The second-order valence-corrected chi connectivity index (χ2v) is 11.5. The molecule has 0 N–H and O–H groups in total. The van der Waals surface area contributed by atoms with Crippen LogP contribution in [0.15, 0.2) is 107 Å². The van der Waals surface area contributed by atoms with Gasteiger partial charge >= 0.3 is 5.97 Å². The Bertz CT molecular complexity index is 1420. The molecule has 4 aromatic rings. The number of aliphatic imine (C=N–C) groups is 1. The Kier molecular flexibility index (Phi) is 12.9. The number of carbonyl (C=O) groups is 1. The van der Waals surface area contributed by atoms with Gasteiger partial charge in [-0.25, -0.2) is 4.79 Å². The second-order valence-electron chi connectivity index (χ2n) is 10.6. The third-order valence-corrected chi connectivity index (χ3v) is 7.68. The van der Waals surface area contributed by atoms with Crippen LogP contribution < -0.4 is 9.47 Å². The van der Waals surface area contributed by atoms with Crippen LogP contribution in [0, 0.1) is 5.92 Å². The van der Waals surface area contributed by atoms with Crippen LogP contribution in [0.5, 0.6) is 11.5 Å². The van der Waals surface area contributed by atoms with Crippen molar-refractivity contribution in [2.24, 2.45) is 10.9 Å². The van der Waals surface area contributed by atoms with Crippen LogP contribution in [0.3, 0.4) is 0 Å². The van der Waals surface area contributed by atoms with Gasteiger partial charge in [0, 0.05) is 10.7 Å². The van der Waals surface area contributed by atoms with E-state index in [9.17, 15) is 4.79 Å². The van der Waals surface area contributed by atoms with E-state index in [0.717, 1.165) is 70.5 Å². The van der Waals surface area contributed by atoms with E-state index < -0.39 is 0 Å². The van der Waals surface area contributed by atoms with E-state index in [-0.39, 0.29) is 5.97 Å². The van der Waals surface area contributed by atoms with E-state index >= 15 is 0 Å². The molecule has 0 aliphatic carbocycles. The van der Waals surface area contributed by atoms with Crippen molar-refractivity contribution in [3.05, 3.63) is 113 Å². The maximum absolute atomic E-state index is 12.2. The van der Waals surface area contributed by atoms with E-state index in [4.69, 9.17) is 14.2 Å². The van der Waals surface area contributed by atoms with E-state index in [0.29, 0.717) is 31.3 Å². The molecule has 0 aliphatic heterocycles. The summed E-state index contributed by atoms with van der Waals surface area (Å²) < 4.78 is 18.3. The number of unbranched alkanes of at least 4 members (excludes halogenated alkanes) is 3. The molecule has 0 bridgehead atoms. The summed E-state index contributed by atoms with van der Waals surface area (Å²) in [5.41, 5.74) is 4.66. The van der Waals surface area contributed by atoms with Gasteiger partial charge in [-0.3, -0.25) is 4.99 Å². The monoisotopic (exact) mass is 641 g/mol. The predicted molar refractivity (Wildman–Crippen MR) is 179 cm³/mol. The quantitative estimate of drug-likeness (QED) is 0.0694. The lowest BCUT2D eigenvalue weighted by Gasteiger charge is -2.10. The summed E-state index contributed by atoms with van der Waals surface area (Å²) in [4.78, 5) is 16.7. The Morgan fingerprint density at radius 1 is 0.744 bits per heavy atom. The lowest BCUT2D eigenvalue weighted by Crippen LogP contribution is -2.11. The van der Waals surface area contributed by atoms with Crippen molar-refractivity contribution >= 4 is 33.8 Å². The van der Waals surface area contributed by atoms with Gasteiger partial charge in [0.15, 0.2) is 0 Å². The minimum Gasteiger partial charge on any atom is -0.494 e. The highest BCUT2D eigenvalue weighted by Crippen LogP contribution is 2.24. The van der Waals surface area contributed by atoms with Crippen LogP contribution in [-0.2, 0) is 4.74 Å². The molecular formula is C37H40BrNO4. The van der Waals surface area contributed by atoms with Gasteiger partial charge in [0.05, 0.1) is 31.1 Å². The highest BCUT2D eigenvalue weighted by molar-refractivity contribution is 9.10. The molecule has 0 saturated heterocycles. The Hall–Kier alpha value is -3.90. The number of nitrogens with zero attached hydrogens (tertiary/aromatic N) is 1. The molecule has 0 heterocycles. The topological polar surface area (TPSA) is 57.1 Å². The van der Waals surface area contributed by atoms with Gasteiger partial charge in [-0.1, -0.05) is 60.5 Å². The summed E-state index contributed by atoms with van der Waals surface area (Å²) in [5, 5.41) is 0. The number of carbonyl (C=O) groups excluding carboxylic acids is 1. The van der Waals surface area contributed by atoms with Gasteiger partial charge in [0.2, 0.25) is 0 Å². The molecule has 6 heteroatoms. The first kappa shape index (κ1) is 32.0. The summed E-state index contributed by atoms with van der Waals surface area (Å²) in [6.07, 6.45) is 7.06. The van der Waals surface area contributed by atoms with Gasteiger partial charge in [0.1, 0.15) is 11.5 Å². The average molecular weight is 643 g/mol. The largest absolute Gasteiger partial charge is 0.494 e. The third kappa shape index (κ3) is 11.0. The zero-order valence-corrected chi connectivity index (χ0v) is 26.6. The standard InChI is InChI=1S/C37H40BrNO4/c1-3-28(2)27-43-37(40)32-12-10-30(11-13-32)31-14-22-36(23-15-31)42-25-7-5-4-6-24-41-35-20-8-29(9-21-35)26-39-34-18-16-33(38)17-19-34/h8-23,26,28H,3-7,24-25,27H2,1-2H3. The van der Waals surface area contributed by atoms with E-state index in [1.807, 2.05) is 103 Å². The van der Waals surface area contributed by atoms with Crippen LogP contribution in [0.2, 0.25) is 0 Å². The molecule has 43 heavy (non-hydrogen) atoms. The molecule has 1 unspecified atom stereocenters. The zero-order valence-electron chi connectivity index (χ0n) is 25.0. The molecule has 0 aliphatic rings. The first-order valence-corrected chi connectivity index (χ1v) is 15.8. The van der Waals surface area contributed by atoms with Crippen LogP contribution in [-0.4, -0.2) is 32.0 Å². The van der Waals surface area contributed by atoms with Crippen molar-refractivity contribution in [3.8, 4) is 22.6 Å². The Balaban J connectivity index is 1.08. The van der Waals surface area contributed by atoms with Gasteiger partial charge < -0.3 is 14.2 Å². The third-order valence-electron chi connectivity index (χ3n) is 7.15. The molecule has 5 nitrogen and oxygen atoms in total. The number of esters is 1. The smallest absolute Gasteiger partial charge is 0.338 e. The van der Waals surface area contributed by atoms with Crippen LogP contribution >= 0.6 is 15.9 Å². The maximum atomic E-state index is 12.2. The molecule has 224 valence electrons. The van der Waals surface area contributed by atoms with E-state index in [1.165, 1.54) is 0 Å². The molecule has 0 saturated carbocycles. The summed E-state index contributed by atoms with van der Waals surface area (Å²) in [7, 11) is 0. The Morgan fingerprint density at radius 3 is 1.84 bits per heavy atom. The number of halogens is 1. The van der Waals surface area contributed by atoms with Gasteiger partial charge in [0.25, 0.3) is 0 Å². The minimum absolute atomic E-state index is 0.270. The molecule has 4 aromatic carbocycles. The molecular weight excluding hydrogens is 602 g/mol. The highest BCUT2D eigenvalue weighted by Gasteiger charge is 2.09. The van der Waals surface area contributed by atoms with Gasteiger partial charge in [-0.05, 0) is 121 Å². The van der Waals surface area contributed by atoms with Crippen LogP contribution in [0.4, 0.5) is 5.69 Å². The summed E-state index contributed by atoms with van der Waals surface area (Å²) >= 11 is 3.44. The number of ether oxygens (including phenoxy) is 3. The normalized spacial score (nSPS) is 11.8. The first-order chi connectivity index (χ1) is 21.0. The van der Waals surface area contributed by atoms with Gasteiger partial charge in [-0.2, -0.15) is 0 Å². The van der Waals surface area contributed by atoms with Crippen molar-refractivity contribution in [2.75, 3.05) is 19.8 Å². The number of hydrogen-bond donors (Lipinski definition) is 0. The molecule has 0 aromatic heterocycles. The summed E-state index contributed by atoms with van der Waals surface area (Å²) in [5.74, 6) is 1.84. The van der Waals surface area contributed by atoms with Crippen molar-refractivity contribution in [3.63, 3.8) is 0 Å². The zero-order chi connectivity index (χ0) is 30.3. The molecule has 0 amide bonds. The minimum atomic E-state index is -0.270. The SMILES string of the molecule is CCC(C)COC(=O)c1ccc(-c2ccc(OCCCCCCOc3ccc(C=Nc4ccc(Br)cc4)cc3)cc2)cc1. The lowest BCUT2D eigenvalue weighted by atomic mass is 10.0. The van der Waals surface area contributed by atoms with Crippen molar-refractivity contribution < 1.29 is 19.0 Å². The number of benzene rings is 4. The summed E-state index contributed by atoms with van der Waals surface area (Å²) in [6.45, 7) is 6.01. The number of rotatable bonds is 16. The highest BCUT2D eigenvalue weighted by atomic mass is 79.9. The second kappa shape index (κ2) is 17.3. The molecule has 0 fully saturated rings. The van der Waals surface area contributed by atoms with Gasteiger partial charge in [-0.15, -0.1) is 0 Å². The number of hydrogen-bond acceptors (Lipinski definition) is 5. The molecule has 4 rings (SSSR count). The Labute approximate surface area is 264 Å². The first-order valence-electron chi connectivity index (χ1n) is 15.0.